The quantitative estimate of drug-likeness (QED) is 0.208. The van der Waals surface area contributed by atoms with Crippen LogP contribution in [0.5, 0.6) is 0 Å². The van der Waals surface area contributed by atoms with Gasteiger partial charge in [0.15, 0.2) is 5.82 Å². The number of rotatable bonds is 2. The minimum absolute atomic E-state index is 0.489. The predicted octanol–water partition coefficient (Wildman–Crippen LogP) is 9.69. The molecule has 0 bridgehead atoms. The van der Waals surface area contributed by atoms with Crippen molar-refractivity contribution < 1.29 is 0 Å². The highest BCUT2D eigenvalue weighted by Gasteiger charge is 2.49. The molecule has 0 unspecified atom stereocenters. The van der Waals surface area contributed by atoms with E-state index >= 15 is 0 Å². The maximum Gasteiger partial charge on any atom is 0.159 e. The molecule has 0 N–H and O–H groups in total. The minimum Gasteiger partial charge on any atom is -0.236 e. The highest BCUT2D eigenvalue weighted by molar-refractivity contribution is 5.97. The van der Waals surface area contributed by atoms with Crippen LogP contribution in [0.2, 0.25) is 0 Å². The van der Waals surface area contributed by atoms with Crippen LogP contribution in [0.15, 0.2) is 152 Å². The Labute approximate surface area is 261 Å². The third kappa shape index (κ3) is 3.57. The fraction of sp³-hybridized carbons (Fsp3) is 0.0238. The van der Waals surface area contributed by atoms with Crippen molar-refractivity contribution in [1.29, 1.82) is 5.26 Å². The Morgan fingerprint density at radius 3 is 1.42 bits per heavy atom. The standard InChI is InChI=1S/C42H25N3/c43-24-27-17-19-28(20-18-27)30-25-44-41(45-26-30)29-21-22-40-36(23-29)32-10-2-1-9-31(32)33-11-3-6-14-37(33)42(40)38-15-7-4-12-34(38)35-13-5-8-16-39(35)42/h1-23,25-26H. The molecule has 0 radical (unpaired) electrons. The lowest BCUT2D eigenvalue weighted by molar-refractivity contribution is 0.775. The molecule has 9 rings (SSSR count). The first-order valence-corrected chi connectivity index (χ1v) is 15.1. The maximum absolute atomic E-state index is 9.17. The number of benzene rings is 6. The van der Waals surface area contributed by atoms with Crippen molar-refractivity contribution in [3.63, 3.8) is 0 Å². The van der Waals surface area contributed by atoms with Crippen molar-refractivity contribution in [1.82, 2.24) is 9.97 Å². The summed E-state index contributed by atoms with van der Waals surface area (Å²) in [5, 5.41) is 9.17. The lowest BCUT2D eigenvalue weighted by Crippen LogP contribution is -2.29. The molecule has 1 heterocycles. The highest BCUT2D eigenvalue weighted by atomic mass is 14.9. The van der Waals surface area contributed by atoms with Gasteiger partial charge < -0.3 is 0 Å². The second kappa shape index (κ2) is 9.71. The van der Waals surface area contributed by atoms with Crippen LogP contribution in [-0.2, 0) is 5.41 Å². The van der Waals surface area contributed by atoms with Crippen molar-refractivity contribution in [2.45, 2.75) is 5.41 Å². The van der Waals surface area contributed by atoms with Crippen LogP contribution in [0.25, 0.3) is 55.9 Å². The minimum atomic E-state index is -0.489. The van der Waals surface area contributed by atoms with Gasteiger partial charge in [-0.25, -0.2) is 9.97 Å². The van der Waals surface area contributed by atoms with Crippen LogP contribution in [0, 0.1) is 11.3 Å². The molecule has 0 atom stereocenters. The van der Waals surface area contributed by atoms with Gasteiger partial charge in [-0.05, 0) is 79.4 Å². The average molecular weight is 572 g/mol. The van der Waals surface area contributed by atoms with E-state index < -0.39 is 5.41 Å². The normalized spacial score (nSPS) is 13.0. The molecule has 2 aliphatic rings. The van der Waals surface area contributed by atoms with E-state index in [2.05, 4.69) is 121 Å². The average Bonchev–Trinajstić information content (AvgIpc) is 3.36. The molecule has 1 aromatic heterocycles. The largest absolute Gasteiger partial charge is 0.236 e. The molecular formula is C42H25N3. The second-order valence-electron chi connectivity index (χ2n) is 11.7. The smallest absolute Gasteiger partial charge is 0.159 e. The monoisotopic (exact) mass is 571 g/mol. The molecule has 2 aliphatic carbocycles. The van der Waals surface area contributed by atoms with E-state index in [1.807, 2.05) is 36.7 Å². The summed E-state index contributed by atoms with van der Waals surface area (Å²) in [5.74, 6) is 0.677. The summed E-state index contributed by atoms with van der Waals surface area (Å²) in [5.41, 5.74) is 15.6. The van der Waals surface area contributed by atoms with Gasteiger partial charge in [-0.1, -0.05) is 121 Å². The zero-order valence-corrected chi connectivity index (χ0v) is 24.3. The molecule has 208 valence electrons. The fourth-order valence-electron chi connectivity index (χ4n) is 7.55. The van der Waals surface area contributed by atoms with Gasteiger partial charge in [0.25, 0.3) is 0 Å². The van der Waals surface area contributed by atoms with Crippen LogP contribution >= 0.6 is 0 Å². The molecule has 0 saturated heterocycles. The van der Waals surface area contributed by atoms with E-state index in [1.54, 1.807) is 0 Å². The Morgan fingerprint density at radius 2 is 0.867 bits per heavy atom. The summed E-state index contributed by atoms with van der Waals surface area (Å²) in [4.78, 5) is 9.64. The van der Waals surface area contributed by atoms with Crippen LogP contribution in [0.1, 0.15) is 27.8 Å². The van der Waals surface area contributed by atoms with Gasteiger partial charge in [0.2, 0.25) is 0 Å². The van der Waals surface area contributed by atoms with Crippen molar-refractivity contribution in [3.05, 3.63) is 180 Å². The van der Waals surface area contributed by atoms with Gasteiger partial charge in [-0.2, -0.15) is 5.26 Å². The van der Waals surface area contributed by atoms with Gasteiger partial charge in [0.1, 0.15) is 0 Å². The molecular weight excluding hydrogens is 546 g/mol. The van der Waals surface area contributed by atoms with Crippen LogP contribution in [0.3, 0.4) is 0 Å². The SMILES string of the molecule is N#Cc1ccc(-c2cnc(-c3ccc4c(c3)-c3ccccc3-c3ccccc3C43c4ccccc4-c4ccccc43)nc2)cc1. The van der Waals surface area contributed by atoms with Gasteiger partial charge in [0, 0.05) is 23.5 Å². The Morgan fingerprint density at radius 1 is 0.422 bits per heavy atom. The fourth-order valence-corrected chi connectivity index (χ4v) is 7.55. The van der Waals surface area contributed by atoms with Crippen molar-refractivity contribution in [3.8, 4) is 62.0 Å². The number of hydrogen-bond acceptors (Lipinski definition) is 3. The van der Waals surface area contributed by atoms with Crippen LogP contribution in [0.4, 0.5) is 0 Å². The zero-order valence-electron chi connectivity index (χ0n) is 24.3. The molecule has 3 heteroatoms. The summed E-state index contributed by atoms with van der Waals surface area (Å²) in [6.07, 6.45) is 3.73. The third-order valence-corrected chi connectivity index (χ3v) is 9.47. The number of hydrogen-bond donors (Lipinski definition) is 0. The number of aromatic nitrogens is 2. The topological polar surface area (TPSA) is 49.6 Å². The summed E-state index contributed by atoms with van der Waals surface area (Å²) in [6.45, 7) is 0. The molecule has 7 aromatic rings. The highest BCUT2D eigenvalue weighted by Crippen LogP contribution is 2.61. The Hall–Kier alpha value is -6.11. The van der Waals surface area contributed by atoms with Crippen LogP contribution < -0.4 is 0 Å². The number of fused-ring (bicyclic) bond motifs is 12. The van der Waals surface area contributed by atoms with Gasteiger partial charge >= 0.3 is 0 Å². The molecule has 45 heavy (non-hydrogen) atoms. The third-order valence-electron chi connectivity index (χ3n) is 9.47. The Balaban J connectivity index is 1.30. The molecule has 0 amide bonds. The van der Waals surface area contributed by atoms with E-state index in [1.165, 1.54) is 55.6 Å². The van der Waals surface area contributed by atoms with Gasteiger partial charge in [0.05, 0.1) is 17.0 Å². The summed E-state index contributed by atoms with van der Waals surface area (Å²) in [6, 6.07) is 51.9. The Bertz CT molecular complexity index is 2280. The second-order valence-corrected chi connectivity index (χ2v) is 11.7. The molecule has 6 aromatic carbocycles. The summed E-state index contributed by atoms with van der Waals surface area (Å²) >= 11 is 0. The van der Waals surface area contributed by atoms with Crippen molar-refractivity contribution in [2.75, 3.05) is 0 Å². The van der Waals surface area contributed by atoms with Crippen molar-refractivity contribution >= 4 is 0 Å². The summed E-state index contributed by atoms with van der Waals surface area (Å²) < 4.78 is 0. The van der Waals surface area contributed by atoms with E-state index in [9.17, 15) is 0 Å². The molecule has 0 saturated carbocycles. The van der Waals surface area contributed by atoms with E-state index in [0.717, 1.165) is 16.7 Å². The maximum atomic E-state index is 9.17. The van der Waals surface area contributed by atoms with E-state index in [4.69, 9.17) is 15.2 Å². The van der Waals surface area contributed by atoms with E-state index in [-0.39, 0.29) is 0 Å². The summed E-state index contributed by atoms with van der Waals surface area (Å²) in [7, 11) is 0. The molecule has 0 fully saturated rings. The first-order chi connectivity index (χ1) is 22.3. The van der Waals surface area contributed by atoms with E-state index in [0.29, 0.717) is 11.4 Å². The predicted molar refractivity (Wildman–Crippen MR) is 179 cm³/mol. The van der Waals surface area contributed by atoms with Gasteiger partial charge in [-0.3, -0.25) is 0 Å². The molecule has 0 aliphatic heterocycles. The lowest BCUT2D eigenvalue weighted by Gasteiger charge is -2.35. The van der Waals surface area contributed by atoms with Crippen LogP contribution in [-0.4, -0.2) is 9.97 Å². The molecule has 3 nitrogen and oxygen atoms in total. The van der Waals surface area contributed by atoms with Gasteiger partial charge in [-0.15, -0.1) is 0 Å². The van der Waals surface area contributed by atoms with Crippen molar-refractivity contribution in [2.24, 2.45) is 0 Å². The first kappa shape index (κ1) is 25.4. The number of nitrogens with zero attached hydrogens (tertiary/aromatic N) is 3. The number of nitriles is 1. The zero-order chi connectivity index (χ0) is 30.0. The molecule has 1 spiro atoms. The lowest BCUT2D eigenvalue weighted by atomic mass is 9.66. The first-order valence-electron chi connectivity index (χ1n) is 15.1. The Kier molecular flexibility index (Phi) is 5.48.